The van der Waals surface area contributed by atoms with E-state index in [1.165, 1.54) is 19.3 Å². The first kappa shape index (κ1) is 14.5. The number of hydrogen-bond acceptors (Lipinski definition) is 3. The second-order valence-corrected chi connectivity index (χ2v) is 5.39. The van der Waals surface area contributed by atoms with E-state index in [2.05, 4.69) is 24.6 Å². The summed E-state index contributed by atoms with van der Waals surface area (Å²) in [4.78, 5) is 17.1. The summed E-state index contributed by atoms with van der Waals surface area (Å²) in [6.45, 7) is 6.61. The molecule has 0 aromatic heterocycles. The largest absolute Gasteiger partial charge is 0.352 e. The Hall–Kier alpha value is -0.610. The van der Waals surface area contributed by atoms with E-state index in [1.54, 1.807) is 0 Å². The lowest BCUT2D eigenvalue weighted by molar-refractivity contribution is -0.128. The quantitative estimate of drug-likeness (QED) is 0.700. The number of nitrogens with one attached hydrogen (secondary N) is 2. The van der Waals surface area contributed by atoms with Crippen LogP contribution in [-0.2, 0) is 9.63 Å². The molecule has 4 nitrogen and oxygen atoms in total. The van der Waals surface area contributed by atoms with Crippen LogP contribution in [-0.4, -0.2) is 24.6 Å². The monoisotopic (exact) mass is 242 g/mol. The molecule has 1 fully saturated rings. The summed E-state index contributed by atoms with van der Waals surface area (Å²) in [5.74, 6) is 0.511. The van der Waals surface area contributed by atoms with Crippen molar-refractivity contribution < 1.29 is 9.63 Å². The van der Waals surface area contributed by atoms with E-state index >= 15 is 0 Å². The molecule has 0 aromatic rings. The van der Waals surface area contributed by atoms with E-state index < -0.39 is 0 Å². The van der Waals surface area contributed by atoms with Gasteiger partial charge in [-0.05, 0) is 25.7 Å². The molecule has 4 heteroatoms. The van der Waals surface area contributed by atoms with Crippen LogP contribution in [0.25, 0.3) is 0 Å². The van der Waals surface area contributed by atoms with Gasteiger partial charge in [0.15, 0.2) is 0 Å². The number of amides is 1. The minimum Gasteiger partial charge on any atom is -0.352 e. The summed E-state index contributed by atoms with van der Waals surface area (Å²) >= 11 is 0. The van der Waals surface area contributed by atoms with Crippen molar-refractivity contribution in [2.45, 2.75) is 65.0 Å². The lowest BCUT2D eigenvalue weighted by Gasteiger charge is -2.24. The first-order chi connectivity index (χ1) is 8.09. The Morgan fingerprint density at radius 1 is 1.24 bits per heavy atom. The molecule has 0 saturated heterocycles. The summed E-state index contributed by atoms with van der Waals surface area (Å²) < 4.78 is 0. The normalized spacial score (nSPS) is 19.3. The highest BCUT2D eigenvalue weighted by Crippen LogP contribution is 2.17. The summed E-state index contributed by atoms with van der Waals surface area (Å²) in [6, 6.07) is 0.0845. The van der Waals surface area contributed by atoms with Crippen LogP contribution in [0, 0.1) is 5.92 Å². The number of carbonyl (C=O) groups is 1. The number of rotatable bonds is 6. The fourth-order valence-electron chi connectivity index (χ4n) is 1.97. The average molecular weight is 242 g/mol. The van der Waals surface area contributed by atoms with Crippen LogP contribution in [0.5, 0.6) is 0 Å². The predicted octanol–water partition coefficient (Wildman–Crippen LogP) is 2.00. The maximum Gasteiger partial charge on any atom is 0.239 e. The van der Waals surface area contributed by atoms with E-state index in [0.717, 1.165) is 12.8 Å². The zero-order valence-corrected chi connectivity index (χ0v) is 11.3. The summed E-state index contributed by atoms with van der Waals surface area (Å²) in [5, 5.41) is 3.08. The van der Waals surface area contributed by atoms with Crippen LogP contribution >= 0.6 is 0 Å². The topological polar surface area (TPSA) is 50.4 Å². The summed E-state index contributed by atoms with van der Waals surface area (Å²) in [5.41, 5.74) is 2.79. The lowest BCUT2D eigenvalue weighted by Crippen LogP contribution is -2.47. The van der Waals surface area contributed by atoms with Crippen LogP contribution in [0.2, 0.25) is 0 Å². The SMILES string of the molecule is CC(C)CONC(C)C(=O)NC1CCCCC1. The Morgan fingerprint density at radius 3 is 2.47 bits per heavy atom. The molecule has 1 atom stereocenters. The van der Waals surface area contributed by atoms with E-state index in [0.29, 0.717) is 18.6 Å². The van der Waals surface area contributed by atoms with E-state index in [4.69, 9.17) is 4.84 Å². The Kier molecular flexibility index (Phi) is 6.52. The fraction of sp³-hybridized carbons (Fsp3) is 0.923. The van der Waals surface area contributed by atoms with Gasteiger partial charge in [0.25, 0.3) is 0 Å². The van der Waals surface area contributed by atoms with E-state index in [9.17, 15) is 4.79 Å². The first-order valence-electron chi connectivity index (χ1n) is 6.77. The zero-order valence-electron chi connectivity index (χ0n) is 11.3. The van der Waals surface area contributed by atoms with Gasteiger partial charge >= 0.3 is 0 Å². The zero-order chi connectivity index (χ0) is 12.7. The molecule has 1 aliphatic rings. The molecule has 1 rings (SSSR count). The van der Waals surface area contributed by atoms with Gasteiger partial charge in [-0.15, -0.1) is 0 Å². The average Bonchev–Trinajstić information content (AvgIpc) is 2.29. The van der Waals surface area contributed by atoms with E-state index in [1.807, 2.05) is 6.92 Å². The summed E-state index contributed by atoms with van der Waals surface area (Å²) in [7, 11) is 0. The third-order valence-electron chi connectivity index (χ3n) is 3.02. The van der Waals surface area contributed by atoms with Gasteiger partial charge in [0.1, 0.15) is 6.04 Å². The smallest absolute Gasteiger partial charge is 0.239 e. The van der Waals surface area contributed by atoms with Gasteiger partial charge in [0, 0.05) is 6.04 Å². The number of hydrogen-bond donors (Lipinski definition) is 2. The highest BCUT2D eigenvalue weighted by molar-refractivity contribution is 5.81. The predicted molar refractivity (Wildman–Crippen MR) is 68.4 cm³/mol. The van der Waals surface area contributed by atoms with Gasteiger partial charge in [-0.1, -0.05) is 33.1 Å². The van der Waals surface area contributed by atoms with Crippen molar-refractivity contribution in [3.05, 3.63) is 0 Å². The van der Waals surface area contributed by atoms with Crippen molar-refractivity contribution in [3.63, 3.8) is 0 Å². The molecule has 1 unspecified atom stereocenters. The Labute approximate surface area is 104 Å². The maximum absolute atomic E-state index is 11.8. The molecule has 0 radical (unpaired) electrons. The minimum absolute atomic E-state index is 0.0423. The molecular formula is C13H26N2O2. The van der Waals surface area contributed by atoms with Crippen molar-refractivity contribution in [2.24, 2.45) is 5.92 Å². The van der Waals surface area contributed by atoms with Gasteiger partial charge < -0.3 is 10.2 Å². The highest BCUT2D eigenvalue weighted by atomic mass is 16.6. The Bertz CT molecular complexity index is 225. The second kappa shape index (κ2) is 7.67. The molecular weight excluding hydrogens is 216 g/mol. The first-order valence-corrected chi connectivity index (χ1v) is 6.77. The molecule has 0 aromatic carbocycles. The van der Waals surface area contributed by atoms with Crippen LogP contribution in [0.3, 0.4) is 0 Å². The third kappa shape index (κ3) is 6.03. The van der Waals surface area contributed by atoms with Gasteiger partial charge in [0.2, 0.25) is 5.91 Å². The van der Waals surface area contributed by atoms with Crippen LogP contribution in [0.1, 0.15) is 52.9 Å². The van der Waals surface area contributed by atoms with Gasteiger partial charge in [-0.25, -0.2) is 0 Å². The van der Waals surface area contributed by atoms with Crippen molar-refractivity contribution in [1.29, 1.82) is 0 Å². The van der Waals surface area contributed by atoms with Gasteiger partial charge in [-0.2, -0.15) is 5.48 Å². The molecule has 0 bridgehead atoms. The minimum atomic E-state index is -0.282. The van der Waals surface area contributed by atoms with Crippen molar-refractivity contribution in [1.82, 2.24) is 10.8 Å². The summed E-state index contributed by atoms with van der Waals surface area (Å²) in [6.07, 6.45) is 6.00. The molecule has 2 N–H and O–H groups in total. The highest BCUT2D eigenvalue weighted by Gasteiger charge is 2.19. The van der Waals surface area contributed by atoms with Crippen molar-refractivity contribution in [3.8, 4) is 0 Å². The Balaban J connectivity index is 2.16. The number of carbonyl (C=O) groups excluding carboxylic acids is 1. The van der Waals surface area contributed by atoms with E-state index in [-0.39, 0.29) is 11.9 Å². The van der Waals surface area contributed by atoms with Crippen LogP contribution in [0.15, 0.2) is 0 Å². The van der Waals surface area contributed by atoms with Crippen LogP contribution < -0.4 is 10.8 Å². The number of hydroxylamine groups is 1. The molecule has 17 heavy (non-hydrogen) atoms. The standard InChI is InChI=1S/C13H26N2O2/c1-10(2)9-17-15-11(3)13(16)14-12-7-5-4-6-8-12/h10-12,15H,4-9H2,1-3H3,(H,14,16). The fourth-order valence-corrected chi connectivity index (χ4v) is 1.97. The molecule has 100 valence electrons. The molecule has 0 aliphatic heterocycles. The molecule has 1 saturated carbocycles. The molecule has 1 aliphatic carbocycles. The second-order valence-electron chi connectivity index (χ2n) is 5.39. The van der Waals surface area contributed by atoms with Gasteiger partial charge in [0.05, 0.1) is 6.61 Å². The van der Waals surface area contributed by atoms with Gasteiger partial charge in [-0.3, -0.25) is 4.79 Å². The molecule has 0 spiro atoms. The Morgan fingerprint density at radius 2 is 1.88 bits per heavy atom. The lowest BCUT2D eigenvalue weighted by atomic mass is 9.95. The third-order valence-corrected chi connectivity index (χ3v) is 3.02. The van der Waals surface area contributed by atoms with Crippen LogP contribution in [0.4, 0.5) is 0 Å². The van der Waals surface area contributed by atoms with Crippen molar-refractivity contribution >= 4 is 5.91 Å². The maximum atomic E-state index is 11.8. The molecule has 0 heterocycles. The molecule has 1 amide bonds. The van der Waals surface area contributed by atoms with Crippen molar-refractivity contribution in [2.75, 3.05) is 6.61 Å².